The first-order chi connectivity index (χ1) is 8.79. The predicted molar refractivity (Wildman–Crippen MR) is 75.5 cm³/mol. The highest BCUT2D eigenvalue weighted by Gasteiger charge is 2.27. The van der Waals surface area contributed by atoms with Crippen LogP contribution in [0.4, 0.5) is 5.82 Å². The Bertz CT molecular complexity index is 552. The monoisotopic (exact) mass is 263 g/mol. The molecule has 1 saturated heterocycles. The van der Waals surface area contributed by atoms with E-state index in [9.17, 15) is 0 Å². The summed E-state index contributed by atoms with van der Waals surface area (Å²) in [4.78, 5) is 14.0. The number of H-pyrrole nitrogens is 1. The maximum atomic E-state index is 5.82. The van der Waals surface area contributed by atoms with E-state index in [1.807, 2.05) is 18.0 Å². The fourth-order valence-electron chi connectivity index (χ4n) is 2.44. The van der Waals surface area contributed by atoms with Gasteiger partial charge in [0.15, 0.2) is 5.82 Å². The van der Waals surface area contributed by atoms with Gasteiger partial charge in [0.2, 0.25) is 0 Å². The van der Waals surface area contributed by atoms with Crippen molar-refractivity contribution in [2.75, 3.05) is 24.3 Å². The SMILES string of the molecule is CSC[C@H]1CCN1Cc1c[nH]c2c(N)ncnc12. The minimum Gasteiger partial charge on any atom is -0.382 e. The minimum absolute atomic E-state index is 0.524. The molecule has 1 atom stereocenters. The Morgan fingerprint density at radius 1 is 1.56 bits per heavy atom. The normalized spacial score (nSPS) is 20.2. The molecule has 1 fully saturated rings. The minimum atomic E-state index is 0.524. The summed E-state index contributed by atoms with van der Waals surface area (Å²) in [6.45, 7) is 2.13. The third kappa shape index (κ3) is 1.95. The van der Waals surface area contributed by atoms with E-state index in [4.69, 9.17) is 5.73 Å². The number of hydrogen-bond acceptors (Lipinski definition) is 5. The Hall–Kier alpha value is -1.27. The van der Waals surface area contributed by atoms with Crippen molar-refractivity contribution < 1.29 is 0 Å². The molecule has 1 aliphatic heterocycles. The third-order valence-corrected chi connectivity index (χ3v) is 4.29. The summed E-state index contributed by atoms with van der Waals surface area (Å²) in [6, 6.07) is 0.712. The van der Waals surface area contributed by atoms with Crippen molar-refractivity contribution in [3.8, 4) is 0 Å². The van der Waals surface area contributed by atoms with Crippen molar-refractivity contribution in [3.05, 3.63) is 18.1 Å². The first kappa shape index (κ1) is 11.8. The van der Waals surface area contributed by atoms with Crippen LogP contribution >= 0.6 is 11.8 Å². The molecule has 3 heterocycles. The quantitative estimate of drug-likeness (QED) is 0.874. The Morgan fingerprint density at radius 2 is 2.44 bits per heavy atom. The van der Waals surface area contributed by atoms with Gasteiger partial charge in [-0.1, -0.05) is 0 Å². The van der Waals surface area contributed by atoms with E-state index in [1.54, 1.807) is 0 Å². The largest absolute Gasteiger partial charge is 0.382 e. The van der Waals surface area contributed by atoms with Gasteiger partial charge in [-0.15, -0.1) is 0 Å². The van der Waals surface area contributed by atoms with Crippen LogP contribution in [-0.4, -0.2) is 44.4 Å². The zero-order valence-electron chi connectivity index (χ0n) is 10.4. The zero-order valence-corrected chi connectivity index (χ0v) is 11.2. The lowest BCUT2D eigenvalue weighted by molar-refractivity contribution is 0.0999. The average Bonchev–Trinajstić information content (AvgIpc) is 2.76. The van der Waals surface area contributed by atoms with Gasteiger partial charge in [0.05, 0.1) is 5.52 Å². The molecule has 0 saturated carbocycles. The van der Waals surface area contributed by atoms with Crippen LogP contribution in [0.5, 0.6) is 0 Å². The number of nitrogens with two attached hydrogens (primary N) is 1. The lowest BCUT2D eigenvalue weighted by Crippen LogP contribution is -2.48. The Morgan fingerprint density at radius 3 is 3.17 bits per heavy atom. The number of anilines is 1. The highest BCUT2D eigenvalue weighted by Crippen LogP contribution is 2.26. The van der Waals surface area contributed by atoms with Gasteiger partial charge in [-0.25, -0.2) is 9.97 Å². The van der Waals surface area contributed by atoms with Gasteiger partial charge in [-0.2, -0.15) is 11.8 Å². The van der Waals surface area contributed by atoms with Crippen LogP contribution in [0, 0.1) is 0 Å². The van der Waals surface area contributed by atoms with E-state index < -0.39 is 0 Å². The Kier molecular flexibility index (Phi) is 3.13. The summed E-state index contributed by atoms with van der Waals surface area (Å²) in [7, 11) is 0. The van der Waals surface area contributed by atoms with Crippen molar-refractivity contribution in [2.45, 2.75) is 19.0 Å². The van der Waals surface area contributed by atoms with E-state index in [0.717, 1.165) is 17.6 Å². The molecule has 0 spiro atoms. The molecule has 0 aromatic carbocycles. The molecular formula is C12H17N5S. The van der Waals surface area contributed by atoms with Gasteiger partial charge >= 0.3 is 0 Å². The van der Waals surface area contributed by atoms with Crippen molar-refractivity contribution in [1.82, 2.24) is 19.9 Å². The molecule has 3 N–H and O–H groups in total. The number of thioether (sulfide) groups is 1. The lowest BCUT2D eigenvalue weighted by Gasteiger charge is -2.40. The van der Waals surface area contributed by atoms with Gasteiger partial charge in [0.25, 0.3) is 0 Å². The number of aromatic nitrogens is 3. The maximum absolute atomic E-state index is 5.82. The van der Waals surface area contributed by atoms with E-state index in [-0.39, 0.29) is 0 Å². The molecule has 3 rings (SSSR count). The van der Waals surface area contributed by atoms with Gasteiger partial charge in [0, 0.05) is 36.6 Å². The summed E-state index contributed by atoms with van der Waals surface area (Å²) >= 11 is 1.91. The second-order valence-electron chi connectivity index (χ2n) is 4.66. The average molecular weight is 263 g/mol. The fourth-order valence-corrected chi connectivity index (χ4v) is 3.20. The summed E-state index contributed by atoms with van der Waals surface area (Å²) < 4.78 is 0. The number of nitrogens with one attached hydrogen (secondary N) is 1. The maximum Gasteiger partial charge on any atom is 0.151 e. The third-order valence-electron chi connectivity index (χ3n) is 3.57. The van der Waals surface area contributed by atoms with Crippen molar-refractivity contribution in [2.24, 2.45) is 0 Å². The predicted octanol–water partition coefficient (Wildman–Crippen LogP) is 1.48. The van der Waals surface area contributed by atoms with Crippen molar-refractivity contribution in [3.63, 3.8) is 0 Å². The number of hydrogen-bond donors (Lipinski definition) is 2. The van der Waals surface area contributed by atoms with Crippen LogP contribution in [0.25, 0.3) is 11.0 Å². The van der Waals surface area contributed by atoms with Crippen LogP contribution in [-0.2, 0) is 6.54 Å². The molecule has 2 aromatic rings. The second-order valence-corrected chi connectivity index (χ2v) is 5.58. The molecule has 0 bridgehead atoms. The van der Waals surface area contributed by atoms with Crippen molar-refractivity contribution in [1.29, 1.82) is 0 Å². The molecule has 1 aliphatic rings. The lowest BCUT2D eigenvalue weighted by atomic mass is 10.0. The van der Waals surface area contributed by atoms with E-state index in [1.165, 1.54) is 30.6 Å². The Balaban J connectivity index is 1.81. The fraction of sp³-hybridized carbons (Fsp3) is 0.500. The molecule has 2 aromatic heterocycles. The molecule has 0 amide bonds. The first-order valence-electron chi connectivity index (χ1n) is 6.09. The molecule has 0 unspecified atom stereocenters. The number of nitrogen functional groups attached to an aromatic ring is 1. The van der Waals surface area contributed by atoms with Crippen LogP contribution in [0.15, 0.2) is 12.5 Å². The van der Waals surface area contributed by atoms with Crippen molar-refractivity contribution >= 4 is 28.6 Å². The summed E-state index contributed by atoms with van der Waals surface area (Å²) in [5.74, 6) is 1.73. The van der Waals surface area contributed by atoms with Crippen LogP contribution in [0.1, 0.15) is 12.0 Å². The molecule has 18 heavy (non-hydrogen) atoms. The van der Waals surface area contributed by atoms with Crippen LogP contribution in [0.2, 0.25) is 0 Å². The highest BCUT2D eigenvalue weighted by atomic mass is 32.2. The molecule has 5 nitrogen and oxygen atoms in total. The standard InChI is InChI=1S/C12H17N5S/c1-18-6-9-2-3-17(9)5-8-4-14-11-10(8)15-7-16-12(11)13/h4,7,9,14H,2-3,5-6H2,1H3,(H2,13,15,16)/t9-/m1/s1. The van der Waals surface area contributed by atoms with E-state index in [2.05, 4.69) is 26.1 Å². The summed E-state index contributed by atoms with van der Waals surface area (Å²) in [6.07, 6.45) is 7.01. The highest BCUT2D eigenvalue weighted by molar-refractivity contribution is 7.98. The number of likely N-dealkylation sites (tertiary alicyclic amines) is 1. The molecule has 6 heteroatoms. The molecule has 96 valence electrons. The number of nitrogens with zero attached hydrogens (tertiary/aromatic N) is 3. The first-order valence-corrected chi connectivity index (χ1v) is 7.48. The van der Waals surface area contributed by atoms with Crippen LogP contribution in [0.3, 0.4) is 0 Å². The van der Waals surface area contributed by atoms with Gasteiger partial charge in [-0.3, -0.25) is 4.90 Å². The number of aromatic amines is 1. The zero-order chi connectivity index (χ0) is 12.5. The van der Waals surface area contributed by atoms with Gasteiger partial charge in [-0.05, 0) is 12.7 Å². The molecule has 0 aliphatic carbocycles. The molecule has 0 radical (unpaired) electrons. The van der Waals surface area contributed by atoms with Crippen LogP contribution < -0.4 is 5.73 Å². The number of fused-ring (bicyclic) bond motifs is 1. The second kappa shape index (κ2) is 4.78. The summed E-state index contributed by atoms with van der Waals surface area (Å²) in [5.41, 5.74) is 8.85. The molecular weight excluding hydrogens is 246 g/mol. The van der Waals surface area contributed by atoms with E-state index in [0.29, 0.717) is 11.9 Å². The van der Waals surface area contributed by atoms with Gasteiger partial charge in [0.1, 0.15) is 11.8 Å². The number of rotatable bonds is 4. The summed E-state index contributed by atoms with van der Waals surface area (Å²) in [5, 5.41) is 0. The smallest absolute Gasteiger partial charge is 0.151 e. The van der Waals surface area contributed by atoms with E-state index >= 15 is 0 Å². The van der Waals surface area contributed by atoms with Gasteiger partial charge < -0.3 is 10.7 Å². The Labute approximate surface area is 110 Å². The topological polar surface area (TPSA) is 70.8 Å².